The number of Topliss-reactive ketones (excluding diaryl/α,β-unsaturated/α-hetero) is 1. The molecule has 19 heavy (non-hydrogen) atoms. The fourth-order valence-electron chi connectivity index (χ4n) is 1.17. The van der Waals surface area contributed by atoms with Crippen LogP contribution in [0.3, 0.4) is 0 Å². The van der Waals surface area contributed by atoms with Crippen LogP contribution >= 0.6 is 11.3 Å². The fraction of sp³-hybridized carbons (Fsp3) is 0.500. The van der Waals surface area contributed by atoms with E-state index in [1.54, 1.807) is 0 Å². The second-order valence-corrected chi connectivity index (χ2v) is 6.39. The van der Waals surface area contributed by atoms with Gasteiger partial charge in [-0.05, 0) is 6.42 Å². The quantitative estimate of drug-likeness (QED) is 0.596. The number of aromatic nitrogens is 1. The molecule has 0 aliphatic heterocycles. The molecule has 0 fully saturated rings. The smallest absolute Gasteiger partial charge is 0.305 e. The SMILES string of the molecule is COC(=O)CCCS(=O)(=O)Nc1nc(C(C)=O)cs1. The number of rotatable bonds is 7. The molecule has 0 aliphatic carbocycles. The number of nitrogens with one attached hydrogen (secondary N) is 1. The number of thiazole rings is 1. The predicted molar refractivity (Wildman–Crippen MR) is 70.8 cm³/mol. The summed E-state index contributed by atoms with van der Waals surface area (Å²) in [6.07, 6.45) is 0.195. The third-order valence-electron chi connectivity index (χ3n) is 2.13. The maximum Gasteiger partial charge on any atom is 0.305 e. The first-order valence-corrected chi connectivity index (χ1v) is 7.91. The van der Waals surface area contributed by atoms with Crippen LogP contribution < -0.4 is 4.72 Å². The van der Waals surface area contributed by atoms with Crippen molar-refractivity contribution in [3.63, 3.8) is 0 Å². The highest BCUT2D eigenvalue weighted by molar-refractivity contribution is 7.92. The lowest BCUT2D eigenvalue weighted by atomic mass is 10.3. The summed E-state index contributed by atoms with van der Waals surface area (Å²) in [5, 5.41) is 1.62. The molecule has 0 aliphatic rings. The van der Waals surface area contributed by atoms with Crippen LogP contribution in [-0.4, -0.2) is 38.0 Å². The number of sulfonamides is 1. The maximum atomic E-state index is 11.7. The van der Waals surface area contributed by atoms with Gasteiger partial charge in [0.1, 0.15) is 5.69 Å². The number of hydrogen-bond donors (Lipinski definition) is 1. The van der Waals surface area contributed by atoms with E-state index in [-0.39, 0.29) is 35.2 Å². The first-order valence-electron chi connectivity index (χ1n) is 5.38. The average Bonchev–Trinajstić information content (AvgIpc) is 2.76. The third kappa shape index (κ3) is 5.35. The number of hydrogen-bond acceptors (Lipinski definition) is 7. The van der Waals surface area contributed by atoms with Gasteiger partial charge in [0.25, 0.3) is 0 Å². The van der Waals surface area contributed by atoms with Crippen molar-refractivity contribution in [3.05, 3.63) is 11.1 Å². The number of ketones is 1. The first-order chi connectivity index (χ1) is 8.84. The molecule has 0 aromatic carbocycles. The van der Waals surface area contributed by atoms with Gasteiger partial charge in [-0.1, -0.05) is 0 Å². The predicted octanol–water partition coefficient (Wildman–Crippen LogP) is 1.04. The molecule has 0 atom stereocenters. The molecule has 0 amide bonds. The molecule has 1 N–H and O–H groups in total. The van der Waals surface area contributed by atoms with Crippen molar-refractivity contribution in [1.29, 1.82) is 0 Å². The summed E-state index contributed by atoms with van der Waals surface area (Å²) in [6, 6.07) is 0. The average molecular weight is 306 g/mol. The summed E-state index contributed by atoms with van der Waals surface area (Å²) >= 11 is 1.04. The molecule has 0 spiro atoms. The molecule has 9 heteroatoms. The number of nitrogens with zero attached hydrogens (tertiary/aromatic N) is 1. The van der Waals surface area contributed by atoms with E-state index in [1.165, 1.54) is 19.4 Å². The van der Waals surface area contributed by atoms with Crippen molar-refractivity contribution in [2.24, 2.45) is 0 Å². The number of ether oxygens (including phenoxy) is 1. The summed E-state index contributed by atoms with van der Waals surface area (Å²) in [6.45, 7) is 1.35. The minimum Gasteiger partial charge on any atom is -0.469 e. The molecule has 1 rings (SSSR count). The largest absolute Gasteiger partial charge is 0.469 e. The van der Waals surface area contributed by atoms with Crippen LogP contribution in [0.1, 0.15) is 30.3 Å². The zero-order chi connectivity index (χ0) is 14.5. The lowest BCUT2D eigenvalue weighted by molar-refractivity contribution is -0.140. The molecule has 7 nitrogen and oxygen atoms in total. The van der Waals surface area contributed by atoms with E-state index in [1.807, 2.05) is 0 Å². The molecule has 1 heterocycles. The van der Waals surface area contributed by atoms with Crippen LogP contribution in [0.5, 0.6) is 0 Å². The van der Waals surface area contributed by atoms with E-state index in [0.29, 0.717) is 0 Å². The van der Waals surface area contributed by atoms with Gasteiger partial charge in [-0.3, -0.25) is 14.3 Å². The number of anilines is 1. The van der Waals surface area contributed by atoms with Crippen molar-refractivity contribution >= 4 is 38.2 Å². The molecular weight excluding hydrogens is 292 g/mol. The summed E-state index contributed by atoms with van der Waals surface area (Å²) < 4.78 is 30.0. The summed E-state index contributed by atoms with van der Waals surface area (Å²) in [5.74, 6) is -0.896. The van der Waals surface area contributed by atoms with Gasteiger partial charge in [-0.2, -0.15) is 0 Å². The lowest BCUT2D eigenvalue weighted by Gasteiger charge is -2.04. The van der Waals surface area contributed by atoms with Crippen LogP contribution in [0.2, 0.25) is 0 Å². The Bertz CT molecular complexity index is 564. The second kappa shape index (κ2) is 6.62. The standard InChI is InChI=1S/C10H14N2O5S2/c1-7(13)8-6-18-10(11-8)12-19(15,16)5-3-4-9(14)17-2/h6H,3-5H2,1-2H3,(H,11,12). The fourth-order valence-corrected chi connectivity index (χ4v) is 3.28. The molecule has 1 aromatic rings. The summed E-state index contributed by atoms with van der Waals surface area (Å²) in [7, 11) is -2.33. The Morgan fingerprint density at radius 2 is 2.16 bits per heavy atom. The van der Waals surface area contributed by atoms with Crippen molar-refractivity contribution in [2.45, 2.75) is 19.8 Å². The number of carbonyl (C=O) groups excluding carboxylic acids is 2. The topological polar surface area (TPSA) is 102 Å². The van der Waals surface area contributed by atoms with Gasteiger partial charge in [-0.15, -0.1) is 11.3 Å². The summed E-state index contributed by atoms with van der Waals surface area (Å²) in [5.41, 5.74) is 0.220. The second-order valence-electron chi connectivity index (χ2n) is 3.69. The minimum absolute atomic E-state index is 0.0357. The molecule has 1 aromatic heterocycles. The molecule has 0 unspecified atom stereocenters. The van der Waals surface area contributed by atoms with Crippen LogP contribution in [0.15, 0.2) is 5.38 Å². The third-order valence-corrected chi connectivity index (χ3v) is 4.35. The van der Waals surface area contributed by atoms with E-state index < -0.39 is 16.0 Å². The molecule has 0 saturated heterocycles. The molecular formula is C10H14N2O5S2. The van der Waals surface area contributed by atoms with E-state index in [4.69, 9.17) is 0 Å². The van der Waals surface area contributed by atoms with Crippen LogP contribution in [0.25, 0.3) is 0 Å². The van der Waals surface area contributed by atoms with Gasteiger partial charge in [-0.25, -0.2) is 13.4 Å². The van der Waals surface area contributed by atoms with E-state index >= 15 is 0 Å². The summed E-state index contributed by atoms with van der Waals surface area (Å²) in [4.78, 5) is 25.7. The van der Waals surface area contributed by atoms with Crippen molar-refractivity contribution in [2.75, 3.05) is 17.6 Å². The molecule has 106 valence electrons. The monoisotopic (exact) mass is 306 g/mol. The lowest BCUT2D eigenvalue weighted by Crippen LogP contribution is -2.17. The maximum absolute atomic E-state index is 11.7. The van der Waals surface area contributed by atoms with Gasteiger partial charge in [0, 0.05) is 18.7 Å². The van der Waals surface area contributed by atoms with Crippen LogP contribution in [-0.2, 0) is 19.6 Å². The van der Waals surface area contributed by atoms with Gasteiger partial charge in [0.2, 0.25) is 10.0 Å². The van der Waals surface area contributed by atoms with E-state index in [0.717, 1.165) is 11.3 Å². The van der Waals surface area contributed by atoms with Crippen molar-refractivity contribution < 1.29 is 22.7 Å². The minimum atomic E-state index is -3.57. The molecule has 0 radical (unpaired) electrons. The Balaban J connectivity index is 2.54. The van der Waals surface area contributed by atoms with E-state index in [2.05, 4.69) is 14.4 Å². The highest BCUT2D eigenvalue weighted by atomic mass is 32.2. The van der Waals surface area contributed by atoms with Gasteiger partial charge in [0.15, 0.2) is 10.9 Å². The van der Waals surface area contributed by atoms with Crippen LogP contribution in [0, 0.1) is 0 Å². The first kappa shape index (κ1) is 15.6. The van der Waals surface area contributed by atoms with Gasteiger partial charge in [0.05, 0.1) is 12.9 Å². The zero-order valence-electron chi connectivity index (χ0n) is 10.5. The Hall–Kier alpha value is -1.48. The van der Waals surface area contributed by atoms with E-state index in [9.17, 15) is 18.0 Å². The van der Waals surface area contributed by atoms with Crippen LogP contribution in [0.4, 0.5) is 5.13 Å². The molecule has 0 saturated carbocycles. The Morgan fingerprint density at radius 3 is 2.68 bits per heavy atom. The number of esters is 1. The number of carbonyl (C=O) groups is 2. The zero-order valence-corrected chi connectivity index (χ0v) is 12.1. The molecule has 0 bridgehead atoms. The normalized spacial score (nSPS) is 11.1. The highest BCUT2D eigenvalue weighted by Gasteiger charge is 2.15. The van der Waals surface area contributed by atoms with Gasteiger partial charge < -0.3 is 4.74 Å². The Morgan fingerprint density at radius 1 is 1.47 bits per heavy atom. The van der Waals surface area contributed by atoms with Gasteiger partial charge >= 0.3 is 5.97 Å². The van der Waals surface area contributed by atoms with Crippen molar-refractivity contribution in [1.82, 2.24) is 4.98 Å². The number of methoxy groups -OCH3 is 1. The Labute approximate surface area is 115 Å². The highest BCUT2D eigenvalue weighted by Crippen LogP contribution is 2.17. The van der Waals surface area contributed by atoms with Crippen molar-refractivity contribution in [3.8, 4) is 0 Å². The Kier molecular flexibility index (Phi) is 5.43.